The zero-order valence-electron chi connectivity index (χ0n) is 13.8. The fourth-order valence-corrected chi connectivity index (χ4v) is 2.23. The van der Waals surface area contributed by atoms with Crippen molar-refractivity contribution in [1.29, 1.82) is 0 Å². The number of hydrogen-bond donors (Lipinski definition) is 1. The van der Waals surface area contributed by atoms with Crippen LogP contribution in [0.1, 0.15) is 57.4 Å². The Morgan fingerprint density at radius 1 is 1.09 bits per heavy atom. The van der Waals surface area contributed by atoms with Crippen LogP contribution in [0.5, 0.6) is 0 Å². The predicted octanol–water partition coefficient (Wildman–Crippen LogP) is 4.47. The van der Waals surface area contributed by atoms with Gasteiger partial charge in [-0.3, -0.25) is 14.9 Å². The van der Waals surface area contributed by atoms with Crippen molar-refractivity contribution in [3.05, 3.63) is 46.0 Å². The fourth-order valence-electron chi connectivity index (χ4n) is 2.23. The van der Waals surface area contributed by atoms with Gasteiger partial charge >= 0.3 is 0 Å². The molecule has 0 fully saturated rings. The molecule has 0 radical (unpaired) electrons. The topological polar surface area (TPSA) is 72.2 Å². The summed E-state index contributed by atoms with van der Waals surface area (Å²) in [6.45, 7) is 2.90. The van der Waals surface area contributed by atoms with Gasteiger partial charge < -0.3 is 5.32 Å². The van der Waals surface area contributed by atoms with Crippen LogP contribution in [0.3, 0.4) is 0 Å². The van der Waals surface area contributed by atoms with Crippen molar-refractivity contribution in [2.24, 2.45) is 0 Å². The first kappa shape index (κ1) is 18.9. The first-order chi connectivity index (χ1) is 11.1. The van der Waals surface area contributed by atoms with Crippen LogP contribution < -0.4 is 5.32 Å². The third-order valence-corrected chi connectivity index (χ3v) is 3.61. The molecule has 23 heavy (non-hydrogen) atoms. The lowest BCUT2D eigenvalue weighted by molar-refractivity contribution is -0.384. The summed E-state index contributed by atoms with van der Waals surface area (Å²) in [6.07, 6.45) is 11.7. The second-order valence-electron chi connectivity index (χ2n) is 5.59. The molecule has 5 heteroatoms. The minimum atomic E-state index is -0.442. The molecule has 0 atom stereocenters. The Morgan fingerprint density at radius 2 is 1.70 bits per heavy atom. The summed E-state index contributed by atoms with van der Waals surface area (Å²) in [5, 5.41) is 13.4. The SMILES string of the molecule is CCCCCCCCCNC(=O)C=Cc1ccc([N+](=O)[O-])cc1. The van der Waals surface area contributed by atoms with Gasteiger partial charge in [-0.25, -0.2) is 0 Å². The maximum absolute atomic E-state index is 11.7. The minimum Gasteiger partial charge on any atom is -0.353 e. The highest BCUT2D eigenvalue weighted by molar-refractivity contribution is 5.91. The first-order valence-electron chi connectivity index (χ1n) is 8.34. The maximum Gasteiger partial charge on any atom is 0.269 e. The van der Waals surface area contributed by atoms with Crippen molar-refractivity contribution in [3.8, 4) is 0 Å². The maximum atomic E-state index is 11.7. The summed E-state index contributed by atoms with van der Waals surface area (Å²) in [6, 6.07) is 6.10. The molecule has 0 aliphatic rings. The van der Waals surface area contributed by atoms with Gasteiger partial charge in [0.25, 0.3) is 5.69 Å². The van der Waals surface area contributed by atoms with Crippen LogP contribution in [-0.4, -0.2) is 17.4 Å². The van der Waals surface area contributed by atoms with Gasteiger partial charge in [0.05, 0.1) is 4.92 Å². The molecule has 0 bridgehead atoms. The number of amides is 1. The molecule has 1 rings (SSSR count). The lowest BCUT2D eigenvalue weighted by Gasteiger charge is -2.02. The van der Waals surface area contributed by atoms with Crippen LogP contribution in [0.25, 0.3) is 6.08 Å². The van der Waals surface area contributed by atoms with E-state index in [9.17, 15) is 14.9 Å². The van der Waals surface area contributed by atoms with E-state index in [0.717, 1.165) is 18.4 Å². The second-order valence-corrected chi connectivity index (χ2v) is 5.59. The molecule has 126 valence electrons. The Morgan fingerprint density at radius 3 is 2.30 bits per heavy atom. The predicted molar refractivity (Wildman–Crippen MR) is 93.1 cm³/mol. The van der Waals surface area contributed by atoms with Gasteiger partial charge in [-0.2, -0.15) is 0 Å². The molecule has 0 spiro atoms. The zero-order chi connectivity index (χ0) is 16.9. The number of nitro groups is 1. The second kappa shape index (κ2) is 11.4. The molecule has 5 nitrogen and oxygen atoms in total. The first-order valence-corrected chi connectivity index (χ1v) is 8.34. The molecular formula is C18H26N2O3. The van der Waals surface area contributed by atoms with Crippen LogP contribution in [0.15, 0.2) is 30.3 Å². The van der Waals surface area contributed by atoms with Crippen molar-refractivity contribution in [1.82, 2.24) is 5.32 Å². The number of nitrogens with one attached hydrogen (secondary N) is 1. The standard InChI is InChI=1S/C18H26N2O3/c1-2-3-4-5-6-7-8-15-19-18(21)14-11-16-9-12-17(13-10-16)20(22)23/h9-14H,2-8,15H2,1H3,(H,19,21). The molecule has 0 unspecified atom stereocenters. The summed E-state index contributed by atoms with van der Waals surface area (Å²) in [5.74, 6) is -0.130. The summed E-state index contributed by atoms with van der Waals surface area (Å²) in [7, 11) is 0. The monoisotopic (exact) mass is 318 g/mol. The molecule has 1 aromatic carbocycles. The van der Waals surface area contributed by atoms with E-state index in [4.69, 9.17) is 0 Å². The third-order valence-electron chi connectivity index (χ3n) is 3.61. The van der Waals surface area contributed by atoms with E-state index in [1.54, 1.807) is 18.2 Å². The van der Waals surface area contributed by atoms with E-state index >= 15 is 0 Å². The van der Waals surface area contributed by atoms with E-state index in [1.807, 2.05) is 0 Å². The average molecular weight is 318 g/mol. The van der Waals surface area contributed by atoms with E-state index in [0.29, 0.717) is 6.54 Å². The molecule has 0 heterocycles. The van der Waals surface area contributed by atoms with Crippen LogP contribution in [0.4, 0.5) is 5.69 Å². The number of benzene rings is 1. The van der Waals surface area contributed by atoms with Crippen molar-refractivity contribution in [2.75, 3.05) is 6.54 Å². The Kier molecular flexibility index (Phi) is 9.36. The zero-order valence-corrected chi connectivity index (χ0v) is 13.8. The molecule has 0 saturated heterocycles. The highest BCUT2D eigenvalue weighted by atomic mass is 16.6. The number of rotatable bonds is 11. The van der Waals surface area contributed by atoms with Gasteiger partial charge in [-0.15, -0.1) is 0 Å². The molecule has 0 aliphatic heterocycles. The van der Waals surface area contributed by atoms with Gasteiger partial charge in [-0.05, 0) is 30.2 Å². The van der Waals surface area contributed by atoms with Crippen molar-refractivity contribution in [2.45, 2.75) is 51.9 Å². The molecule has 1 N–H and O–H groups in total. The Bertz CT molecular complexity index is 510. The van der Waals surface area contributed by atoms with Crippen LogP contribution in [0.2, 0.25) is 0 Å². The van der Waals surface area contributed by atoms with Crippen LogP contribution in [0, 0.1) is 10.1 Å². The van der Waals surface area contributed by atoms with Crippen molar-refractivity contribution < 1.29 is 9.72 Å². The largest absolute Gasteiger partial charge is 0.353 e. The number of non-ortho nitro benzene ring substituents is 1. The number of carbonyl (C=O) groups excluding carboxylic acids is 1. The van der Waals surface area contributed by atoms with Gasteiger partial charge in [-0.1, -0.05) is 45.4 Å². The van der Waals surface area contributed by atoms with E-state index < -0.39 is 4.92 Å². The lowest BCUT2D eigenvalue weighted by Crippen LogP contribution is -2.21. The van der Waals surface area contributed by atoms with Crippen LogP contribution >= 0.6 is 0 Å². The lowest BCUT2D eigenvalue weighted by atomic mass is 10.1. The molecule has 0 saturated carbocycles. The molecule has 1 aromatic rings. The summed E-state index contributed by atoms with van der Waals surface area (Å²) in [4.78, 5) is 21.8. The number of unbranched alkanes of at least 4 members (excludes halogenated alkanes) is 6. The van der Waals surface area contributed by atoms with E-state index in [2.05, 4.69) is 12.2 Å². The number of nitrogens with zero attached hydrogens (tertiary/aromatic N) is 1. The smallest absolute Gasteiger partial charge is 0.269 e. The average Bonchev–Trinajstić information content (AvgIpc) is 2.55. The van der Waals surface area contributed by atoms with Gasteiger partial charge in [0.1, 0.15) is 0 Å². The summed E-state index contributed by atoms with van der Waals surface area (Å²) < 4.78 is 0. The highest BCUT2D eigenvalue weighted by Crippen LogP contribution is 2.12. The quantitative estimate of drug-likeness (QED) is 0.283. The van der Waals surface area contributed by atoms with Gasteiger partial charge in [0.2, 0.25) is 5.91 Å². The highest BCUT2D eigenvalue weighted by Gasteiger charge is 2.02. The van der Waals surface area contributed by atoms with E-state index in [-0.39, 0.29) is 11.6 Å². The van der Waals surface area contributed by atoms with Crippen molar-refractivity contribution in [3.63, 3.8) is 0 Å². The third kappa shape index (κ3) is 8.76. The molecule has 1 amide bonds. The summed E-state index contributed by atoms with van der Waals surface area (Å²) >= 11 is 0. The van der Waals surface area contributed by atoms with Crippen LogP contribution in [-0.2, 0) is 4.79 Å². The summed E-state index contributed by atoms with van der Waals surface area (Å²) in [5.41, 5.74) is 0.812. The van der Waals surface area contributed by atoms with Gasteiger partial charge in [0, 0.05) is 24.8 Å². The Labute approximate surface area is 137 Å². The Hall–Kier alpha value is -2.17. The number of carbonyl (C=O) groups is 1. The minimum absolute atomic E-state index is 0.0468. The Balaban J connectivity index is 2.17. The normalized spacial score (nSPS) is 10.8. The van der Waals surface area contributed by atoms with Crippen molar-refractivity contribution >= 4 is 17.7 Å². The number of nitro benzene ring substituents is 1. The van der Waals surface area contributed by atoms with Gasteiger partial charge in [0.15, 0.2) is 0 Å². The fraction of sp³-hybridized carbons (Fsp3) is 0.500. The molecule has 0 aromatic heterocycles. The molecule has 0 aliphatic carbocycles. The molecular weight excluding hydrogens is 292 g/mol. The number of hydrogen-bond acceptors (Lipinski definition) is 3. The van der Waals surface area contributed by atoms with E-state index in [1.165, 1.54) is 50.3 Å².